The van der Waals surface area contributed by atoms with Crippen LogP contribution in [0.5, 0.6) is 0 Å². The van der Waals surface area contributed by atoms with E-state index < -0.39 is 0 Å². The van der Waals surface area contributed by atoms with Gasteiger partial charge in [0.15, 0.2) is 0 Å². The van der Waals surface area contributed by atoms with Gasteiger partial charge >= 0.3 is 0 Å². The molecule has 0 amide bonds. The fourth-order valence-corrected chi connectivity index (χ4v) is 2.48. The highest BCUT2D eigenvalue weighted by atomic mass is 35.5. The molecule has 1 aromatic rings. The molecule has 0 aromatic carbocycles. The van der Waals surface area contributed by atoms with Crippen LogP contribution in [0.1, 0.15) is 12.5 Å². The van der Waals surface area contributed by atoms with E-state index in [0.717, 1.165) is 31.0 Å². The molecule has 94 valence electrons. The quantitative estimate of drug-likeness (QED) is 0.757. The molecule has 1 atom stereocenters. The Hall–Kier alpha value is -0.870. The lowest BCUT2D eigenvalue weighted by molar-refractivity contribution is 0.274. The number of aromatic nitrogens is 1. The van der Waals surface area contributed by atoms with Crippen molar-refractivity contribution in [3.8, 4) is 0 Å². The van der Waals surface area contributed by atoms with Crippen LogP contribution in [-0.2, 0) is 5.88 Å². The number of likely N-dealkylation sites (N-methyl/N-ethyl adjacent to an activating group) is 1. The number of anilines is 1. The Morgan fingerprint density at radius 2 is 2.29 bits per heavy atom. The zero-order chi connectivity index (χ0) is 12.4. The van der Waals surface area contributed by atoms with Gasteiger partial charge in [-0.25, -0.2) is 9.37 Å². The maximum absolute atomic E-state index is 13.1. The van der Waals surface area contributed by atoms with Crippen LogP contribution in [0, 0.1) is 5.82 Å². The second kappa shape index (κ2) is 5.19. The molecule has 0 aliphatic carbocycles. The number of rotatable bonds is 2. The highest BCUT2D eigenvalue weighted by Gasteiger charge is 2.24. The van der Waals surface area contributed by atoms with Crippen LogP contribution in [0.2, 0.25) is 0 Å². The first kappa shape index (κ1) is 12.6. The lowest BCUT2D eigenvalue weighted by Crippen LogP contribution is -2.51. The summed E-state index contributed by atoms with van der Waals surface area (Å²) in [6.45, 7) is 5.03. The lowest BCUT2D eigenvalue weighted by atomic mass is 10.1. The van der Waals surface area contributed by atoms with Crippen LogP contribution >= 0.6 is 11.6 Å². The average molecular weight is 258 g/mol. The average Bonchev–Trinajstić information content (AvgIpc) is 2.30. The van der Waals surface area contributed by atoms with E-state index in [-0.39, 0.29) is 5.82 Å². The van der Waals surface area contributed by atoms with Crippen LogP contribution in [0.4, 0.5) is 10.2 Å². The minimum absolute atomic E-state index is 0.291. The zero-order valence-electron chi connectivity index (χ0n) is 10.2. The highest BCUT2D eigenvalue weighted by molar-refractivity contribution is 6.17. The maximum atomic E-state index is 13.1. The number of nitrogens with zero attached hydrogens (tertiary/aromatic N) is 3. The van der Waals surface area contributed by atoms with E-state index >= 15 is 0 Å². The van der Waals surface area contributed by atoms with Crippen molar-refractivity contribution in [2.75, 3.05) is 31.6 Å². The molecular weight excluding hydrogens is 241 g/mol. The number of pyridine rings is 1. The molecular formula is C12H17ClFN3. The number of piperazine rings is 1. The lowest BCUT2D eigenvalue weighted by Gasteiger charge is -2.39. The van der Waals surface area contributed by atoms with Gasteiger partial charge in [-0.2, -0.15) is 0 Å². The summed E-state index contributed by atoms with van der Waals surface area (Å²) in [7, 11) is 2.11. The van der Waals surface area contributed by atoms with Crippen LogP contribution in [0.15, 0.2) is 12.3 Å². The summed E-state index contributed by atoms with van der Waals surface area (Å²) in [5.74, 6) is 0.785. The van der Waals surface area contributed by atoms with Gasteiger partial charge in [0.25, 0.3) is 0 Å². The van der Waals surface area contributed by atoms with E-state index in [2.05, 4.69) is 28.8 Å². The fraction of sp³-hybridized carbons (Fsp3) is 0.583. The van der Waals surface area contributed by atoms with Gasteiger partial charge in [-0.3, -0.25) is 0 Å². The van der Waals surface area contributed by atoms with E-state index in [1.807, 2.05) is 0 Å². The monoisotopic (exact) mass is 257 g/mol. The van der Waals surface area contributed by atoms with Crippen molar-refractivity contribution in [2.24, 2.45) is 0 Å². The van der Waals surface area contributed by atoms with Gasteiger partial charge in [-0.15, -0.1) is 11.6 Å². The third kappa shape index (κ3) is 2.69. The van der Waals surface area contributed by atoms with E-state index in [1.165, 1.54) is 12.3 Å². The first-order valence-electron chi connectivity index (χ1n) is 5.77. The Kier molecular flexibility index (Phi) is 3.84. The molecule has 0 bridgehead atoms. The SMILES string of the molecule is CC1CN(C)CCN1c1ncc(F)cc1CCl. The molecule has 17 heavy (non-hydrogen) atoms. The van der Waals surface area contributed by atoms with Crippen LogP contribution in [0.3, 0.4) is 0 Å². The number of hydrogen-bond donors (Lipinski definition) is 0. The van der Waals surface area contributed by atoms with Gasteiger partial charge in [0.2, 0.25) is 0 Å². The van der Waals surface area contributed by atoms with E-state index in [9.17, 15) is 4.39 Å². The smallest absolute Gasteiger partial charge is 0.141 e. The van der Waals surface area contributed by atoms with Crippen molar-refractivity contribution >= 4 is 17.4 Å². The van der Waals surface area contributed by atoms with Crippen molar-refractivity contribution in [1.29, 1.82) is 0 Å². The predicted octanol–water partition coefficient (Wildman–Crippen LogP) is 2.10. The summed E-state index contributed by atoms with van der Waals surface area (Å²) >= 11 is 5.86. The summed E-state index contributed by atoms with van der Waals surface area (Å²) in [6.07, 6.45) is 1.26. The van der Waals surface area contributed by atoms with Crippen molar-refractivity contribution in [3.63, 3.8) is 0 Å². The van der Waals surface area contributed by atoms with Gasteiger partial charge in [0, 0.05) is 31.2 Å². The summed E-state index contributed by atoms with van der Waals surface area (Å²) in [4.78, 5) is 8.68. The third-order valence-corrected chi connectivity index (χ3v) is 3.44. The Balaban J connectivity index is 2.27. The van der Waals surface area contributed by atoms with Gasteiger partial charge in [-0.05, 0) is 20.0 Å². The number of alkyl halides is 1. The van der Waals surface area contributed by atoms with Gasteiger partial charge < -0.3 is 9.80 Å². The minimum Gasteiger partial charge on any atom is -0.351 e. The fourth-order valence-electron chi connectivity index (χ4n) is 2.29. The van der Waals surface area contributed by atoms with Crippen molar-refractivity contribution in [2.45, 2.75) is 18.8 Å². The number of hydrogen-bond acceptors (Lipinski definition) is 3. The Bertz CT molecular complexity index is 399. The minimum atomic E-state index is -0.328. The summed E-state index contributed by atoms with van der Waals surface area (Å²) in [5, 5.41) is 0. The van der Waals surface area contributed by atoms with Gasteiger partial charge in [0.1, 0.15) is 11.6 Å². The van der Waals surface area contributed by atoms with E-state index in [4.69, 9.17) is 11.6 Å². The van der Waals surface area contributed by atoms with Crippen LogP contribution in [-0.4, -0.2) is 42.6 Å². The molecule has 0 spiro atoms. The molecule has 2 heterocycles. The Morgan fingerprint density at radius 1 is 1.53 bits per heavy atom. The molecule has 1 unspecified atom stereocenters. The summed E-state index contributed by atoms with van der Waals surface area (Å²) in [5.41, 5.74) is 0.767. The molecule has 1 aromatic heterocycles. The van der Waals surface area contributed by atoms with Crippen molar-refractivity contribution < 1.29 is 4.39 Å². The normalized spacial score (nSPS) is 21.9. The molecule has 0 N–H and O–H groups in total. The van der Waals surface area contributed by atoms with E-state index in [1.54, 1.807) is 0 Å². The first-order chi connectivity index (χ1) is 8.11. The highest BCUT2D eigenvalue weighted by Crippen LogP contribution is 2.24. The first-order valence-corrected chi connectivity index (χ1v) is 6.31. The molecule has 1 fully saturated rings. The van der Waals surface area contributed by atoms with E-state index in [0.29, 0.717) is 11.9 Å². The van der Waals surface area contributed by atoms with Crippen molar-refractivity contribution in [1.82, 2.24) is 9.88 Å². The molecule has 3 nitrogen and oxygen atoms in total. The standard InChI is InChI=1S/C12H17ClFN3/c1-9-8-16(2)3-4-17(9)12-10(6-13)5-11(14)7-15-12/h5,7,9H,3-4,6,8H2,1-2H3. The second-order valence-corrected chi connectivity index (χ2v) is 4.84. The summed E-state index contributed by atoms with van der Waals surface area (Å²) < 4.78 is 13.1. The Labute approximate surface area is 106 Å². The molecule has 5 heteroatoms. The number of halogens is 2. The van der Waals surface area contributed by atoms with Crippen LogP contribution in [0.25, 0.3) is 0 Å². The largest absolute Gasteiger partial charge is 0.351 e. The topological polar surface area (TPSA) is 19.4 Å². The van der Waals surface area contributed by atoms with Gasteiger partial charge in [-0.1, -0.05) is 0 Å². The molecule has 1 aliphatic rings. The molecule has 1 saturated heterocycles. The predicted molar refractivity (Wildman–Crippen MR) is 68.1 cm³/mol. The maximum Gasteiger partial charge on any atom is 0.141 e. The molecule has 0 radical (unpaired) electrons. The molecule has 0 saturated carbocycles. The molecule has 2 rings (SSSR count). The van der Waals surface area contributed by atoms with Crippen molar-refractivity contribution in [3.05, 3.63) is 23.6 Å². The molecule has 1 aliphatic heterocycles. The van der Waals surface area contributed by atoms with Gasteiger partial charge in [0.05, 0.1) is 12.1 Å². The second-order valence-electron chi connectivity index (χ2n) is 4.57. The zero-order valence-corrected chi connectivity index (χ0v) is 10.9. The summed E-state index contributed by atoms with van der Waals surface area (Å²) in [6, 6.07) is 1.84. The third-order valence-electron chi connectivity index (χ3n) is 3.16. The van der Waals surface area contributed by atoms with Crippen LogP contribution < -0.4 is 4.90 Å². The Morgan fingerprint density at radius 3 is 2.94 bits per heavy atom.